The smallest absolute Gasteiger partial charge is 0.0897 e. The van der Waals surface area contributed by atoms with Gasteiger partial charge in [-0.15, -0.1) is 0 Å². The molecule has 0 aliphatic carbocycles. The van der Waals surface area contributed by atoms with Gasteiger partial charge in [0.1, 0.15) is 0 Å². The van der Waals surface area contributed by atoms with Crippen molar-refractivity contribution in [2.45, 2.75) is 26.3 Å². The lowest BCUT2D eigenvalue weighted by molar-refractivity contribution is 0.349. The van der Waals surface area contributed by atoms with Crippen molar-refractivity contribution in [1.29, 1.82) is 0 Å². The number of hydrogen-bond acceptors (Lipinski definition) is 2. The highest BCUT2D eigenvalue weighted by molar-refractivity contribution is 5.58. The lowest BCUT2D eigenvalue weighted by Gasteiger charge is -2.21. The van der Waals surface area contributed by atoms with Crippen LogP contribution in [-0.2, 0) is 5.54 Å². The molecule has 0 bridgehead atoms. The van der Waals surface area contributed by atoms with E-state index in [1.165, 1.54) is 0 Å². The molecule has 2 aliphatic heterocycles. The molecule has 0 atom stereocenters. The maximum Gasteiger partial charge on any atom is 0.0897 e. The minimum atomic E-state index is 0.0210. The van der Waals surface area contributed by atoms with E-state index < -0.39 is 0 Å². The molecule has 0 amide bonds. The first kappa shape index (κ1) is 8.23. The summed E-state index contributed by atoms with van der Waals surface area (Å²) in [5.74, 6) is 0. The molecule has 0 fully saturated rings. The van der Waals surface area contributed by atoms with E-state index in [4.69, 9.17) is 0 Å². The average molecular weight is 175 g/mol. The Morgan fingerprint density at radius 3 is 2.77 bits per heavy atom. The lowest BCUT2D eigenvalue weighted by Crippen LogP contribution is -2.24. The van der Waals surface area contributed by atoms with E-state index in [2.05, 4.69) is 30.9 Å². The molecule has 2 aliphatic rings. The molecule has 68 valence electrons. The Bertz CT molecular complexity index is 384. The molecule has 0 radical (unpaired) electrons. The Hall–Kier alpha value is -1.38. The summed E-state index contributed by atoms with van der Waals surface area (Å²) in [6.45, 7) is 6.36. The molecule has 0 unspecified atom stereocenters. The second kappa shape index (κ2) is 2.55. The fourth-order valence-corrected chi connectivity index (χ4v) is 1.22. The summed E-state index contributed by atoms with van der Waals surface area (Å²) in [4.78, 5) is 4.23. The van der Waals surface area contributed by atoms with Crippen LogP contribution < -0.4 is 0 Å². The van der Waals surface area contributed by atoms with Crippen molar-refractivity contribution in [3.63, 3.8) is 0 Å². The number of aromatic nitrogens is 3. The molecule has 0 aromatic carbocycles. The van der Waals surface area contributed by atoms with Crippen LogP contribution in [0.2, 0.25) is 0 Å². The topological polar surface area (TPSA) is 30.7 Å². The Morgan fingerprint density at radius 1 is 1.31 bits per heavy atom. The van der Waals surface area contributed by atoms with Crippen LogP contribution in [0.25, 0.3) is 11.3 Å². The Labute approximate surface area is 77.8 Å². The number of fused-ring (bicyclic) bond motifs is 1. The third-order valence-electron chi connectivity index (χ3n) is 2.02. The lowest BCUT2D eigenvalue weighted by atomic mass is 10.1. The molecule has 2 rings (SSSR count). The van der Waals surface area contributed by atoms with E-state index in [-0.39, 0.29) is 5.54 Å². The highest BCUT2D eigenvalue weighted by atomic mass is 15.3. The fourth-order valence-electron chi connectivity index (χ4n) is 1.22. The first-order valence-electron chi connectivity index (χ1n) is 4.37. The second-order valence-corrected chi connectivity index (χ2v) is 4.17. The molecule has 0 spiro atoms. The zero-order chi connectivity index (χ0) is 9.47. The first-order chi connectivity index (χ1) is 6.07. The second-order valence-electron chi connectivity index (χ2n) is 4.17. The van der Waals surface area contributed by atoms with Crippen LogP contribution >= 0.6 is 0 Å². The van der Waals surface area contributed by atoms with Gasteiger partial charge in [-0.1, -0.05) is 0 Å². The van der Waals surface area contributed by atoms with Crippen LogP contribution in [0.1, 0.15) is 20.8 Å². The van der Waals surface area contributed by atoms with Crippen LogP contribution in [0.5, 0.6) is 0 Å². The zero-order valence-electron chi connectivity index (χ0n) is 8.15. The molecular weight excluding hydrogens is 162 g/mol. The highest BCUT2D eigenvalue weighted by Gasteiger charge is 2.14. The quantitative estimate of drug-likeness (QED) is 0.614. The molecule has 0 saturated carbocycles. The third-order valence-corrected chi connectivity index (χ3v) is 2.02. The predicted molar refractivity (Wildman–Crippen MR) is 51.6 cm³/mol. The monoisotopic (exact) mass is 175 g/mol. The van der Waals surface area contributed by atoms with Gasteiger partial charge in [0.2, 0.25) is 0 Å². The SMILES string of the molecule is CC(C)(C)n1cc2nccc-2cn1. The maximum absolute atomic E-state index is 4.33. The van der Waals surface area contributed by atoms with Crippen molar-refractivity contribution in [1.82, 2.24) is 14.8 Å². The molecule has 0 aromatic heterocycles. The van der Waals surface area contributed by atoms with Crippen molar-refractivity contribution in [3.8, 4) is 11.3 Å². The Balaban J connectivity index is 2.56. The van der Waals surface area contributed by atoms with Gasteiger partial charge in [0.05, 0.1) is 23.6 Å². The van der Waals surface area contributed by atoms with E-state index >= 15 is 0 Å². The van der Waals surface area contributed by atoms with Gasteiger partial charge in [-0.3, -0.25) is 9.67 Å². The van der Waals surface area contributed by atoms with E-state index in [0.29, 0.717) is 0 Å². The molecule has 0 aromatic rings. The van der Waals surface area contributed by atoms with Gasteiger partial charge >= 0.3 is 0 Å². The maximum atomic E-state index is 4.33. The van der Waals surface area contributed by atoms with Crippen LogP contribution in [-0.4, -0.2) is 14.8 Å². The van der Waals surface area contributed by atoms with Crippen molar-refractivity contribution in [2.24, 2.45) is 0 Å². The van der Waals surface area contributed by atoms with E-state index in [1.54, 1.807) is 6.20 Å². The van der Waals surface area contributed by atoms with Gasteiger partial charge in [-0.05, 0) is 26.8 Å². The summed E-state index contributed by atoms with van der Waals surface area (Å²) in [7, 11) is 0. The van der Waals surface area contributed by atoms with Gasteiger partial charge in [0, 0.05) is 11.8 Å². The molecule has 3 heteroatoms. The van der Waals surface area contributed by atoms with Crippen LogP contribution in [0.4, 0.5) is 0 Å². The summed E-state index contributed by atoms with van der Waals surface area (Å²) < 4.78 is 1.93. The van der Waals surface area contributed by atoms with Crippen LogP contribution in [0.15, 0.2) is 24.7 Å². The molecule has 3 nitrogen and oxygen atoms in total. The summed E-state index contributed by atoms with van der Waals surface area (Å²) in [5, 5.41) is 4.33. The molecular formula is C10H13N3. The van der Waals surface area contributed by atoms with Crippen molar-refractivity contribution < 1.29 is 0 Å². The summed E-state index contributed by atoms with van der Waals surface area (Å²) in [6.07, 6.45) is 5.64. The normalized spacial score (nSPS) is 12.2. The molecule has 0 saturated heterocycles. The van der Waals surface area contributed by atoms with E-state index in [1.807, 2.05) is 23.1 Å². The first-order valence-corrected chi connectivity index (χ1v) is 4.37. The van der Waals surface area contributed by atoms with Crippen molar-refractivity contribution in [3.05, 3.63) is 24.7 Å². The summed E-state index contributed by atoms with van der Waals surface area (Å²) in [6, 6.07) is 1.97. The number of nitrogens with zero attached hydrogens (tertiary/aromatic N) is 3. The molecule has 13 heavy (non-hydrogen) atoms. The molecule has 2 heterocycles. The largest absolute Gasteiger partial charge is 0.265 e. The zero-order valence-corrected chi connectivity index (χ0v) is 8.15. The number of rotatable bonds is 0. The Morgan fingerprint density at radius 2 is 2.08 bits per heavy atom. The predicted octanol–water partition coefficient (Wildman–Crippen LogP) is 2.14. The highest BCUT2D eigenvalue weighted by Crippen LogP contribution is 2.20. The van der Waals surface area contributed by atoms with Crippen molar-refractivity contribution in [2.75, 3.05) is 0 Å². The minimum absolute atomic E-state index is 0.0210. The van der Waals surface area contributed by atoms with Gasteiger partial charge in [-0.25, -0.2) is 0 Å². The van der Waals surface area contributed by atoms with Crippen LogP contribution in [0, 0.1) is 0 Å². The average Bonchev–Trinajstić information content (AvgIpc) is 2.47. The van der Waals surface area contributed by atoms with Crippen molar-refractivity contribution >= 4 is 0 Å². The fraction of sp³-hybridized carbons (Fsp3) is 0.400. The Kier molecular flexibility index (Phi) is 1.62. The van der Waals surface area contributed by atoms with Gasteiger partial charge < -0.3 is 0 Å². The standard InChI is InChI=1S/C10H13N3/c1-10(2,3)13-7-9-8(6-12-13)4-5-11-9/h4-7H,1-3H3. The van der Waals surface area contributed by atoms with Gasteiger partial charge in [-0.2, -0.15) is 5.10 Å². The van der Waals surface area contributed by atoms with Gasteiger partial charge in [0.15, 0.2) is 0 Å². The molecule has 0 N–H and O–H groups in total. The number of hydrogen-bond donors (Lipinski definition) is 0. The van der Waals surface area contributed by atoms with E-state index in [0.717, 1.165) is 11.3 Å². The van der Waals surface area contributed by atoms with E-state index in [9.17, 15) is 0 Å². The van der Waals surface area contributed by atoms with Crippen LogP contribution in [0.3, 0.4) is 0 Å². The van der Waals surface area contributed by atoms with Gasteiger partial charge in [0.25, 0.3) is 0 Å². The minimum Gasteiger partial charge on any atom is -0.265 e. The summed E-state index contributed by atoms with van der Waals surface area (Å²) >= 11 is 0. The third kappa shape index (κ3) is 1.41. The summed E-state index contributed by atoms with van der Waals surface area (Å²) in [5.41, 5.74) is 2.12.